The summed E-state index contributed by atoms with van der Waals surface area (Å²) in [6.45, 7) is 15.3. The molecule has 0 amide bonds. The molecule has 4 rings (SSSR count). The number of ketones is 1. The molecule has 0 aromatic heterocycles. The van der Waals surface area contributed by atoms with Crippen LogP contribution in [0.5, 0.6) is 0 Å². The number of carbonyl (C=O) groups is 1. The third-order valence-electron chi connectivity index (χ3n) is 9.29. The van der Waals surface area contributed by atoms with Crippen LogP contribution in [-0.4, -0.2) is 68.6 Å². The Kier molecular flexibility index (Phi) is 5.38. The van der Waals surface area contributed by atoms with Crippen molar-refractivity contribution in [2.24, 2.45) is 16.7 Å². The van der Waals surface area contributed by atoms with Crippen LogP contribution in [0.15, 0.2) is 12.7 Å². The number of fused-ring (bicyclic) bond motifs is 3. The zero-order valence-corrected chi connectivity index (χ0v) is 20.3. The lowest BCUT2D eigenvalue weighted by molar-refractivity contribution is -0.396. The van der Waals surface area contributed by atoms with Crippen molar-refractivity contribution in [2.75, 3.05) is 6.61 Å². The fourth-order valence-electron chi connectivity index (χ4n) is 7.59. The average Bonchev–Trinajstić information content (AvgIpc) is 3.12. The molecule has 9 atom stereocenters. The van der Waals surface area contributed by atoms with Crippen molar-refractivity contribution < 1.29 is 34.3 Å². The quantitative estimate of drug-likeness (QED) is 0.565. The molecule has 182 valence electrons. The van der Waals surface area contributed by atoms with Crippen molar-refractivity contribution in [3.8, 4) is 0 Å². The molecule has 2 aliphatic carbocycles. The van der Waals surface area contributed by atoms with Gasteiger partial charge in [0.05, 0.1) is 24.4 Å². The normalized spacial score (nSPS) is 55.2. The molecule has 2 heterocycles. The van der Waals surface area contributed by atoms with Crippen LogP contribution in [0.1, 0.15) is 73.6 Å². The first-order valence-electron chi connectivity index (χ1n) is 11.9. The van der Waals surface area contributed by atoms with Crippen LogP contribution in [0.3, 0.4) is 0 Å². The van der Waals surface area contributed by atoms with Gasteiger partial charge in [0.25, 0.3) is 0 Å². The van der Waals surface area contributed by atoms with Crippen LogP contribution in [-0.2, 0) is 19.0 Å². The lowest BCUT2D eigenvalue weighted by Crippen LogP contribution is -2.87. The Labute approximate surface area is 191 Å². The fourth-order valence-corrected chi connectivity index (χ4v) is 7.59. The zero-order chi connectivity index (χ0) is 24.0. The molecule has 2 saturated carbocycles. The minimum absolute atomic E-state index is 0.0748. The van der Waals surface area contributed by atoms with Crippen LogP contribution in [0, 0.1) is 16.7 Å². The Morgan fingerprint density at radius 2 is 1.78 bits per heavy atom. The van der Waals surface area contributed by atoms with Gasteiger partial charge in [-0.15, -0.1) is 6.58 Å². The number of Topliss-reactive ketones (excluding diaryl/α,β-unsaturated/α-hetero) is 1. The number of ether oxygens (including phenoxy) is 3. The van der Waals surface area contributed by atoms with Gasteiger partial charge in [0.2, 0.25) is 0 Å². The maximum absolute atomic E-state index is 13.9. The summed E-state index contributed by atoms with van der Waals surface area (Å²) in [6, 6.07) is 0. The van der Waals surface area contributed by atoms with E-state index >= 15 is 0 Å². The van der Waals surface area contributed by atoms with Gasteiger partial charge in [-0.1, -0.05) is 26.8 Å². The van der Waals surface area contributed by atoms with Gasteiger partial charge in [-0.25, -0.2) is 0 Å². The minimum atomic E-state index is -2.08. The third-order valence-corrected chi connectivity index (χ3v) is 9.29. The van der Waals surface area contributed by atoms with E-state index in [1.807, 2.05) is 20.8 Å². The van der Waals surface area contributed by atoms with E-state index in [4.69, 9.17) is 14.2 Å². The average molecular weight is 453 g/mol. The van der Waals surface area contributed by atoms with Crippen molar-refractivity contribution >= 4 is 5.78 Å². The molecule has 7 nitrogen and oxygen atoms in total. The maximum Gasteiger partial charge on any atom is 0.171 e. The monoisotopic (exact) mass is 452 g/mol. The molecule has 3 N–H and O–H groups in total. The lowest BCUT2D eigenvalue weighted by atomic mass is 9.40. The number of carbonyl (C=O) groups excluding carboxylic acids is 1. The Bertz CT molecular complexity index is 804. The SMILES string of the molecule is C=C[C@@]1(C)CC(=O)[C@]2(O)[C@@]3(C)[C@@H](O)CCC(C)(C)[C@@H]3[C@H](O)[C@H](OC3(C)CCCO3)[C@@]2(C)O1. The van der Waals surface area contributed by atoms with Gasteiger partial charge in [0, 0.05) is 24.2 Å². The van der Waals surface area contributed by atoms with Crippen LogP contribution in [0.25, 0.3) is 0 Å². The van der Waals surface area contributed by atoms with Gasteiger partial charge < -0.3 is 29.5 Å². The topological polar surface area (TPSA) is 105 Å². The summed E-state index contributed by atoms with van der Waals surface area (Å²) in [4.78, 5) is 13.9. The largest absolute Gasteiger partial charge is 0.392 e. The molecular weight excluding hydrogens is 412 g/mol. The van der Waals surface area contributed by atoms with Gasteiger partial charge in [0.15, 0.2) is 17.2 Å². The summed E-state index contributed by atoms with van der Waals surface area (Å²) in [5, 5.41) is 35.6. The van der Waals surface area contributed by atoms with Gasteiger partial charge in [-0.3, -0.25) is 4.79 Å². The second-order valence-corrected chi connectivity index (χ2v) is 12.0. The van der Waals surface area contributed by atoms with E-state index in [0.29, 0.717) is 25.9 Å². The molecule has 2 aliphatic heterocycles. The highest BCUT2D eigenvalue weighted by molar-refractivity contribution is 5.92. The minimum Gasteiger partial charge on any atom is -0.392 e. The molecule has 1 unspecified atom stereocenters. The number of aliphatic hydroxyl groups excluding tert-OH is 2. The van der Waals surface area contributed by atoms with Gasteiger partial charge >= 0.3 is 0 Å². The Balaban J connectivity index is 1.95. The van der Waals surface area contributed by atoms with E-state index in [1.165, 1.54) is 0 Å². The Morgan fingerprint density at radius 3 is 2.34 bits per heavy atom. The zero-order valence-electron chi connectivity index (χ0n) is 20.3. The van der Waals surface area contributed by atoms with Crippen LogP contribution >= 0.6 is 0 Å². The Morgan fingerprint density at radius 1 is 1.12 bits per heavy atom. The number of hydrogen-bond donors (Lipinski definition) is 3. The summed E-state index contributed by atoms with van der Waals surface area (Å²) in [5.74, 6) is -1.99. The summed E-state index contributed by atoms with van der Waals surface area (Å²) < 4.78 is 18.9. The summed E-state index contributed by atoms with van der Waals surface area (Å²) in [7, 11) is 0. The summed E-state index contributed by atoms with van der Waals surface area (Å²) in [5.41, 5.74) is -6.56. The van der Waals surface area contributed by atoms with Crippen LogP contribution in [0.4, 0.5) is 0 Å². The fraction of sp³-hybridized carbons (Fsp3) is 0.880. The lowest BCUT2D eigenvalue weighted by Gasteiger charge is -2.71. The van der Waals surface area contributed by atoms with Gasteiger partial charge in [-0.05, 0) is 45.4 Å². The molecule has 0 aromatic carbocycles. The van der Waals surface area contributed by atoms with E-state index in [2.05, 4.69) is 6.58 Å². The molecule has 7 heteroatoms. The second-order valence-electron chi connectivity index (χ2n) is 12.0. The molecule has 0 radical (unpaired) electrons. The van der Waals surface area contributed by atoms with Gasteiger partial charge in [-0.2, -0.15) is 0 Å². The third kappa shape index (κ3) is 2.91. The molecular formula is C25H40O7. The van der Waals surface area contributed by atoms with E-state index < -0.39 is 63.4 Å². The molecule has 2 saturated heterocycles. The van der Waals surface area contributed by atoms with E-state index in [1.54, 1.807) is 26.8 Å². The first-order valence-corrected chi connectivity index (χ1v) is 11.9. The highest BCUT2D eigenvalue weighted by Crippen LogP contribution is 2.67. The van der Waals surface area contributed by atoms with Crippen molar-refractivity contribution in [3.63, 3.8) is 0 Å². The van der Waals surface area contributed by atoms with Crippen LogP contribution in [0.2, 0.25) is 0 Å². The van der Waals surface area contributed by atoms with E-state index in [9.17, 15) is 20.1 Å². The van der Waals surface area contributed by atoms with Crippen molar-refractivity contribution in [1.82, 2.24) is 0 Å². The molecule has 0 aromatic rings. The predicted octanol–water partition coefficient (Wildman–Crippen LogP) is 2.50. The molecule has 0 spiro atoms. The Hall–Kier alpha value is -0.830. The summed E-state index contributed by atoms with van der Waals surface area (Å²) in [6.07, 6.45) is 0.859. The standard InChI is InChI=1S/C25H40O7/c1-8-21(4)14-16(27)25(29)23(6)15(26)10-12-20(2,3)18(23)17(28)19(24(25,7)32-21)31-22(5)11-9-13-30-22/h8,15,17-19,26,28-29H,1,9-14H2,2-7H3/t15-,17-,18-,19-,21-,22?,23-,24+,25-/m0/s1. The summed E-state index contributed by atoms with van der Waals surface area (Å²) >= 11 is 0. The first kappa shape index (κ1) is 24.3. The molecule has 4 fully saturated rings. The maximum atomic E-state index is 13.9. The highest BCUT2D eigenvalue weighted by atomic mass is 16.7. The van der Waals surface area contributed by atoms with E-state index in [-0.39, 0.29) is 6.42 Å². The van der Waals surface area contributed by atoms with Crippen molar-refractivity contribution in [2.45, 2.75) is 115 Å². The number of hydrogen-bond acceptors (Lipinski definition) is 7. The first-order chi connectivity index (χ1) is 14.6. The number of rotatable bonds is 3. The smallest absolute Gasteiger partial charge is 0.171 e. The molecule has 0 bridgehead atoms. The van der Waals surface area contributed by atoms with Gasteiger partial charge in [0.1, 0.15) is 11.7 Å². The highest BCUT2D eigenvalue weighted by Gasteiger charge is 2.81. The number of aliphatic hydroxyl groups is 3. The van der Waals surface area contributed by atoms with E-state index in [0.717, 1.165) is 6.42 Å². The molecule has 32 heavy (non-hydrogen) atoms. The van der Waals surface area contributed by atoms with Crippen molar-refractivity contribution in [3.05, 3.63) is 12.7 Å². The second kappa shape index (κ2) is 7.09. The predicted molar refractivity (Wildman–Crippen MR) is 118 cm³/mol. The van der Waals surface area contributed by atoms with Crippen molar-refractivity contribution in [1.29, 1.82) is 0 Å². The van der Waals surface area contributed by atoms with Crippen LogP contribution < -0.4 is 0 Å². The molecule has 4 aliphatic rings.